The molecule has 3 aromatic rings. The number of carbonyl (C=O) groups is 2. The van der Waals surface area contributed by atoms with Gasteiger partial charge in [-0.2, -0.15) is 0 Å². The van der Waals surface area contributed by atoms with E-state index in [-0.39, 0.29) is 30.6 Å². The molecular formula is C29H30ClF2N3O6S. The number of nitrogens with one attached hydrogen (secondary N) is 1. The Kier molecular flexibility index (Phi) is 9.37. The standard InChI is InChI=1S/C29H30ClF2N3O6S/c1-29(2,3)41-28(37)35-12-10-22(18-6-8-21(30)9-7-18)20(16-35)17-40-25-13-24(32)26(14-23(25)31)42(38,39)34-27(36)19-5-4-11-33-15-19/h4-9,11,13-15,20,22H,10,12,16-17H2,1-3H3,(H,34,36)/t20-,22-/m1/s1. The van der Waals surface area contributed by atoms with E-state index in [0.29, 0.717) is 30.1 Å². The molecule has 42 heavy (non-hydrogen) atoms. The van der Waals surface area contributed by atoms with Gasteiger partial charge in [0.25, 0.3) is 15.9 Å². The van der Waals surface area contributed by atoms with Crippen molar-refractivity contribution in [1.29, 1.82) is 0 Å². The van der Waals surface area contributed by atoms with E-state index in [1.54, 1.807) is 42.5 Å². The van der Waals surface area contributed by atoms with E-state index < -0.39 is 49.9 Å². The third-order valence-corrected chi connectivity index (χ3v) is 8.16. The number of hydrogen-bond acceptors (Lipinski definition) is 7. The number of pyridine rings is 1. The van der Waals surface area contributed by atoms with Crippen LogP contribution >= 0.6 is 11.6 Å². The number of hydrogen-bond donors (Lipinski definition) is 1. The Balaban J connectivity index is 1.53. The maximum absolute atomic E-state index is 15.1. The van der Waals surface area contributed by atoms with Crippen LogP contribution in [0.5, 0.6) is 5.75 Å². The zero-order valence-corrected chi connectivity index (χ0v) is 24.7. The molecule has 1 aliphatic heterocycles. The minimum Gasteiger partial charge on any atom is -0.490 e. The molecule has 0 bridgehead atoms. The number of rotatable bonds is 7. The molecule has 0 aliphatic carbocycles. The summed E-state index contributed by atoms with van der Waals surface area (Å²) in [6.07, 6.45) is 2.58. The summed E-state index contributed by atoms with van der Waals surface area (Å²) in [5.41, 5.74) is 0.162. The van der Waals surface area contributed by atoms with Crippen LogP contribution in [0.15, 0.2) is 65.8 Å². The van der Waals surface area contributed by atoms with Crippen LogP contribution < -0.4 is 9.46 Å². The molecular weight excluding hydrogens is 592 g/mol. The molecule has 2 heterocycles. The summed E-state index contributed by atoms with van der Waals surface area (Å²) < 4.78 is 68.3. The van der Waals surface area contributed by atoms with E-state index in [9.17, 15) is 22.4 Å². The van der Waals surface area contributed by atoms with Crippen molar-refractivity contribution < 1.29 is 36.3 Å². The van der Waals surface area contributed by atoms with Crippen LogP contribution in [0.3, 0.4) is 0 Å². The largest absolute Gasteiger partial charge is 0.490 e. The summed E-state index contributed by atoms with van der Waals surface area (Å²) in [4.78, 5) is 29.3. The molecule has 1 fully saturated rings. The van der Waals surface area contributed by atoms with Crippen LogP contribution in [-0.4, -0.2) is 55.6 Å². The fraction of sp³-hybridized carbons (Fsp3) is 0.345. The molecule has 9 nitrogen and oxygen atoms in total. The summed E-state index contributed by atoms with van der Waals surface area (Å²) in [6.45, 7) is 5.80. The normalized spacial score (nSPS) is 17.4. The van der Waals surface area contributed by atoms with Crippen molar-refractivity contribution in [2.45, 2.75) is 43.6 Å². The molecule has 1 aromatic heterocycles. The van der Waals surface area contributed by atoms with Gasteiger partial charge in [-0.25, -0.2) is 26.7 Å². The van der Waals surface area contributed by atoms with Gasteiger partial charge in [-0.1, -0.05) is 23.7 Å². The third kappa shape index (κ3) is 7.74. The van der Waals surface area contributed by atoms with Gasteiger partial charge in [0.2, 0.25) is 0 Å². The maximum atomic E-state index is 15.1. The minimum atomic E-state index is -4.76. The van der Waals surface area contributed by atoms with Crippen molar-refractivity contribution in [3.05, 3.63) is 88.7 Å². The van der Waals surface area contributed by atoms with Crippen LogP contribution in [0.25, 0.3) is 0 Å². The first kappa shape index (κ1) is 31.2. The molecule has 1 N–H and O–H groups in total. The molecule has 2 amide bonds. The molecule has 1 saturated heterocycles. The number of piperidine rings is 1. The van der Waals surface area contributed by atoms with Gasteiger partial charge in [0.05, 0.1) is 12.2 Å². The third-order valence-electron chi connectivity index (χ3n) is 6.56. The van der Waals surface area contributed by atoms with Crippen molar-refractivity contribution in [3.63, 3.8) is 0 Å². The first-order chi connectivity index (χ1) is 19.7. The number of benzene rings is 2. The van der Waals surface area contributed by atoms with E-state index in [1.165, 1.54) is 18.3 Å². The molecule has 0 radical (unpaired) electrons. The SMILES string of the molecule is CC(C)(C)OC(=O)N1CC[C@H](c2ccc(Cl)cc2)[C@@H](COc2cc(F)c(S(=O)(=O)NC(=O)c3cccnc3)cc2F)C1. The Morgan fingerprint density at radius 1 is 1.12 bits per heavy atom. The lowest BCUT2D eigenvalue weighted by atomic mass is 9.81. The molecule has 13 heteroatoms. The summed E-state index contributed by atoms with van der Waals surface area (Å²) >= 11 is 6.05. The first-order valence-electron chi connectivity index (χ1n) is 13.1. The Morgan fingerprint density at radius 3 is 2.48 bits per heavy atom. The van der Waals surface area contributed by atoms with Gasteiger partial charge in [-0.15, -0.1) is 0 Å². The second-order valence-corrected chi connectivity index (χ2v) is 12.9. The molecule has 0 unspecified atom stereocenters. The lowest BCUT2D eigenvalue weighted by molar-refractivity contribution is 0.0110. The number of ether oxygens (including phenoxy) is 2. The number of amides is 2. The highest BCUT2D eigenvalue weighted by molar-refractivity contribution is 7.90. The average Bonchev–Trinajstić information content (AvgIpc) is 2.93. The van der Waals surface area contributed by atoms with Crippen LogP contribution in [0.2, 0.25) is 5.02 Å². The Hall–Kier alpha value is -3.77. The monoisotopic (exact) mass is 621 g/mol. The van der Waals surface area contributed by atoms with Crippen LogP contribution in [0, 0.1) is 17.6 Å². The smallest absolute Gasteiger partial charge is 0.410 e. The van der Waals surface area contributed by atoms with Gasteiger partial charge in [-0.3, -0.25) is 9.78 Å². The Morgan fingerprint density at radius 2 is 1.83 bits per heavy atom. The quantitative estimate of drug-likeness (QED) is 0.368. The zero-order valence-electron chi connectivity index (χ0n) is 23.1. The van der Waals surface area contributed by atoms with Gasteiger partial charge < -0.3 is 14.4 Å². The van der Waals surface area contributed by atoms with E-state index in [0.717, 1.165) is 11.8 Å². The predicted molar refractivity (Wildman–Crippen MR) is 151 cm³/mol. The Bertz CT molecular complexity index is 1550. The molecule has 2 atom stereocenters. The molecule has 224 valence electrons. The molecule has 2 aromatic carbocycles. The summed E-state index contributed by atoms with van der Waals surface area (Å²) in [6, 6.07) is 11.0. The van der Waals surface area contributed by atoms with Gasteiger partial charge in [0, 0.05) is 48.6 Å². The number of sulfonamides is 1. The first-order valence-corrected chi connectivity index (χ1v) is 14.9. The fourth-order valence-corrected chi connectivity index (χ4v) is 5.77. The number of aromatic nitrogens is 1. The highest BCUT2D eigenvalue weighted by Crippen LogP contribution is 2.35. The number of halogens is 3. The molecule has 0 spiro atoms. The van der Waals surface area contributed by atoms with Crippen molar-refractivity contribution in [2.24, 2.45) is 5.92 Å². The minimum absolute atomic E-state index is 0.0787. The van der Waals surface area contributed by atoms with Crippen molar-refractivity contribution in [3.8, 4) is 5.75 Å². The van der Waals surface area contributed by atoms with Crippen LogP contribution in [-0.2, 0) is 14.8 Å². The van der Waals surface area contributed by atoms with Gasteiger partial charge in [0.1, 0.15) is 16.3 Å². The molecule has 0 saturated carbocycles. The van der Waals surface area contributed by atoms with E-state index in [4.69, 9.17) is 21.1 Å². The highest BCUT2D eigenvalue weighted by Gasteiger charge is 2.35. The molecule has 4 rings (SSSR count). The van der Waals surface area contributed by atoms with Crippen LogP contribution in [0.4, 0.5) is 13.6 Å². The topological polar surface area (TPSA) is 115 Å². The van der Waals surface area contributed by atoms with Gasteiger partial charge >= 0.3 is 6.09 Å². The van der Waals surface area contributed by atoms with E-state index >= 15 is 4.39 Å². The van der Waals surface area contributed by atoms with E-state index in [2.05, 4.69) is 4.98 Å². The molecule has 1 aliphatic rings. The number of likely N-dealkylation sites (tertiary alicyclic amines) is 1. The van der Waals surface area contributed by atoms with Crippen molar-refractivity contribution >= 4 is 33.6 Å². The van der Waals surface area contributed by atoms with Gasteiger partial charge in [-0.05, 0) is 62.9 Å². The van der Waals surface area contributed by atoms with Crippen molar-refractivity contribution in [2.75, 3.05) is 19.7 Å². The second kappa shape index (κ2) is 12.6. The van der Waals surface area contributed by atoms with E-state index in [1.807, 2.05) is 12.1 Å². The fourth-order valence-electron chi connectivity index (χ4n) is 4.60. The predicted octanol–water partition coefficient (Wildman–Crippen LogP) is 5.55. The maximum Gasteiger partial charge on any atom is 0.410 e. The zero-order chi connectivity index (χ0) is 30.7. The van der Waals surface area contributed by atoms with Crippen molar-refractivity contribution in [1.82, 2.24) is 14.6 Å². The summed E-state index contributed by atoms with van der Waals surface area (Å²) in [5, 5.41) is 0.557. The lowest BCUT2D eigenvalue weighted by Crippen LogP contribution is -2.46. The van der Waals surface area contributed by atoms with Gasteiger partial charge in [0.15, 0.2) is 11.6 Å². The number of carbonyl (C=O) groups excluding carboxylic acids is 2. The second-order valence-electron chi connectivity index (χ2n) is 10.8. The average molecular weight is 622 g/mol. The summed E-state index contributed by atoms with van der Waals surface area (Å²) in [5.74, 6) is -4.48. The van der Waals surface area contributed by atoms with Crippen LogP contribution in [0.1, 0.15) is 49.0 Å². The highest BCUT2D eigenvalue weighted by atomic mass is 35.5. The Labute approximate surface area is 247 Å². The lowest BCUT2D eigenvalue weighted by Gasteiger charge is -2.39. The number of nitrogens with zero attached hydrogens (tertiary/aromatic N) is 2. The summed E-state index contributed by atoms with van der Waals surface area (Å²) in [7, 11) is -4.76.